The fraction of sp³-hybridized carbons (Fsp3) is 0.692. The van der Waals surface area contributed by atoms with Crippen molar-refractivity contribution in [3.8, 4) is 0 Å². The van der Waals surface area contributed by atoms with E-state index in [9.17, 15) is 0 Å². The van der Waals surface area contributed by atoms with Gasteiger partial charge in [0.15, 0.2) is 0 Å². The van der Waals surface area contributed by atoms with Gasteiger partial charge in [0.25, 0.3) is 0 Å². The lowest BCUT2D eigenvalue weighted by Crippen LogP contribution is -2.38. The number of nitrogens with zero attached hydrogens (tertiary/aromatic N) is 1. The number of rotatable bonds is 8. The van der Waals surface area contributed by atoms with Crippen molar-refractivity contribution in [2.45, 2.75) is 26.4 Å². The molecule has 0 aliphatic rings. The van der Waals surface area contributed by atoms with Crippen LogP contribution in [0.1, 0.15) is 18.2 Å². The van der Waals surface area contributed by atoms with E-state index >= 15 is 0 Å². The Morgan fingerprint density at radius 1 is 1.53 bits per heavy atom. The minimum absolute atomic E-state index is 0.487. The van der Waals surface area contributed by atoms with Crippen molar-refractivity contribution < 1.29 is 9.15 Å². The average Bonchev–Trinajstić information content (AvgIpc) is 2.70. The molecule has 4 heteroatoms. The smallest absolute Gasteiger partial charge is 0.105 e. The number of furan rings is 1. The van der Waals surface area contributed by atoms with Gasteiger partial charge in [-0.15, -0.1) is 0 Å². The highest BCUT2D eigenvalue weighted by molar-refractivity contribution is 5.15. The third-order valence-corrected chi connectivity index (χ3v) is 3.06. The van der Waals surface area contributed by atoms with Gasteiger partial charge in [0.05, 0.1) is 12.9 Å². The van der Waals surface area contributed by atoms with Gasteiger partial charge in [-0.25, -0.2) is 0 Å². The van der Waals surface area contributed by atoms with Crippen LogP contribution in [0.15, 0.2) is 16.7 Å². The molecule has 1 N–H and O–H groups in total. The van der Waals surface area contributed by atoms with Crippen molar-refractivity contribution in [2.75, 3.05) is 33.9 Å². The number of nitrogens with one attached hydrogen (secondary N) is 1. The van der Waals surface area contributed by atoms with E-state index in [4.69, 9.17) is 9.15 Å². The van der Waals surface area contributed by atoms with Gasteiger partial charge < -0.3 is 14.5 Å². The monoisotopic (exact) mass is 240 g/mol. The van der Waals surface area contributed by atoms with Gasteiger partial charge in [-0.05, 0) is 27.0 Å². The van der Waals surface area contributed by atoms with Crippen molar-refractivity contribution in [3.63, 3.8) is 0 Å². The van der Waals surface area contributed by atoms with E-state index in [-0.39, 0.29) is 0 Å². The molecule has 17 heavy (non-hydrogen) atoms. The predicted octanol–water partition coefficient (Wildman–Crippen LogP) is 1.64. The molecule has 0 saturated carbocycles. The summed E-state index contributed by atoms with van der Waals surface area (Å²) in [5.74, 6) is 1.01. The second-order valence-electron chi connectivity index (χ2n) is 4.46. The Morgan fingerprint density at radius 2 is 2.29 bits per heavy atom. The summed E-state index contributed by atoms with van der Waals surface area (Å²) in [6, 6.07) is 2.53. The van der Waals surface area contributed by atoms with E-state index in [1.165, 1.54) is 5.56 Å². The molecular weight excluding hydrogens is 216 g/mol. The van der Waals surface area contributed by atoms with Gasteiger partial charge in [0.2, 0.25) is 0 Å². The first-order valence-electron chi connectivity index (χ1n) is 6.08. The zero-order chi connectivity index (χ0) is 12.7. The van der Waals surface area contributed by atoms with Gasteiger partial charge in [-0.2, -0.15) is 0 Å². The average molecular weight is 240 g/mol. The predicted molar refractivity (Wildman–Crippen MR) is 69.1 cm³/mol. The summed E-state index contributed by atoms with van der Waals surface area (Å²) in [6.45, 7) is 7.78. The molecule has 98 valence electrons. The molecule has 0 aliphatic heterocycles. The summed E-state index contributed by atoms with van der Waals surface area (Å²) >= 11 is 0. The van der Waals surface area contributed by atoms with Crippen LogP contribution in [-0.4, -0.2) is 44.8 Å². The molecule has 0 fully saturated rings. The zero-order valence-electron chi connectivity index (χ0n) is 11.3. The zero-order valence-corrected chi connectivity index (χ0v) is 11.3. The molecule has 0 aliphatic carbocycles. The van der Waals surface area contributed by atoms with Crippen molar-refractivity contribution >= 4 is 0 Å². The summed E-state index contributed by atoms with van der Waals surface area (Å²) in [6.07, 6.45) is 1.75. The molecule has 1 heterocycles. The van der Waals surface area contributed by atoms with Crippen LogP contribution < -0.4 is 5.32 Å². The van der Waals surface area contributed by atoms with Gasteiger partial charge in [0, 0.05) is 38.3 Å². The molecule has 1 rings (SSSR count). The van der Waals surface area contributed by atoms with Crippen molar-refractivity contribution in [2.24, 2.45) is 0 Å². The second-order valence-corrected chi connectivity index (χ2v) is 4.46. The molecule has 0 spiro atoms. The van der Waals surface area contributed by atoms with Gasteiger partial charge >= 0.3 is 0 Å². The number of likely N-dealkylation sites (N-methyl/N-ethyl adjacent to an activating group) is 1. The molecule has 0 bridgehead atoms. The van der Waals surface area contributed by atoms with Gasteiger partial charge in [0.1, 0.15) is 5.76 Å². The molecule has 1 aromatic rings. The van der Waals surface area contributed by atoms with E-state index in [1.54, 1.807) is 13.4 Å². The van der Waals surface area contributed by atoms with Crippen LogP contribution in [-0.2, 0) is 11.3 Å². The van der Waals surface area contributed by atoms with Crippen LogP contribution >= 0.6 is 0 Å². The molecule has 0 amide bonds. The topological polar surface area (TPSA) is 37.6 Å². The van der Waals surface area contributed by atoms with Crippen LogP contribution in [0.3, 0.4) is 0 Å². The van der Waals surface area contributed by atoms with Crippen LogP contribution in [0.25, 0.3) is 0 Å². The highest BCUT2D eigenvalue weighted by Crippen LogP contribution is 2.12. The first-order valence-corrected chi connectivity index (χ1v) is 6.08. The van der Waals surface area contributed by atoms with Crippen molar-refractivity contribution in [3.05, 3.63) is 23.7 Å². The van der Waals surface area contributed by atoms with E-state index < -0.39 is 0 Å². The molecule has 1 atom stereocenters. The SMILES string of the molecule is COCCNCC(C)N(C)Cc1ccoc1C. The molecule has 4 nitrogen and oxygen atoms in total. The molecule has 0 aromatic carbocycles. The van der Waals surface area contributed by atoms with E-state index in [1.807, 2.05) is 13.0 Å². The first kappa shape index (κ1) is 14.2. The van der Waals surface area contributed by atoms with Crippen LogP contribution in [0.4, 0.5) is 0 Å². The maximum absolute atomic E-state index is 5.30. The van der Waals surface area contributed by atoms with E-state index in [0.29, 0.717) is 6.04 Å². The molecule has 0 radical (unpaired) electrons. The third-order valence-electron chi connectivity index (χ3n) is 3.06. The van der Waals surface area contributed by atoms with Crippen molar-refractivity contribution in [1.82, 2.24) is 10.2 Å². The standard InChI is InChI=1S/C13H24N2O2/c1-11(9-14-6-8-16-4)15(3)10-13-5-7-17-12(13)2/h5,7,11,14H,6,8-10H2,1-4H3. The lowest BCUT2D eigenvalue weighted by molar-refractivity contribution is 0.191. The van der Waals surface area contributed by atoms with E-state index in [0.717, 1.165) is 32.0 Å². The van der Waals surface area contributed by atoms with Crippen molar-refractivity contribution in [1.29, 1.82) is 0 Å². The normalized spacial score (nSPS) is 13.2. The Hall–Kier alpha value is -0.840. The summed E-state index contributed by atoms with van der Waals surface area (Å²) in [5.41, 5.74) is 1.26. The Balaban J connectivity index is 2.27. The maximum Gasteiger partial charge on any atom is 0.105 e. The largest absolute Gasteiger partial charge is 0.469 e. The van der Waals surface area contributed by atoms with Crippen LogP contribution in [0.2, 0.25) is 0 Å². The number of hydrogen-bond donors (Lipinski definition) is 1. The Kier molecular flexibility index (Phi) is 6.26. The first-order chi connectivity index (χ1) is 8.15. The number of hydrogen-bond acceptors (Lipinski definition) is 4. The summed E-state index contributed by atoms with van der Waals surface area (Å²) in [5, 5.41) is 3.37. The Morgan fingerprint density at radius 3 is 2.88 bits per heavy atom. The second kappa shape index (κ2) is 7.48. The Bertz CT molecular complexity index is 312. The molecule has 1 unspecified atom stereocenters. The lowest BCUT2D eigenvalue weighted by atomic mass is 10.2. The fourth-order valence-corrected chi connectivity index (χ4v) is 1.64. The van der Waals surface area contributed by atoms with Crippen LogP contribution in [0, 0.1) is 6.92 Å². The highest BCUT2D eigenvalue weighted by Gasteiger charge is 2.11. The fourth-order valence-electron chi connectivity index (χ4n) is 1.64. The van der Waals surface area contributed by atoms with Crippen LogP contribution in [0.5, 0.6) is 0 Å². The van der Waals surface area contributed by atoms with Gasteiger partial charge in [-0.3, -0.25) is 4.90 Å². The molecule has 0 saturated heterocycles. The summed E-state index contributed by atoms with van der Waals surface area (Å²) < 4.78 is 10.3. The number of aryl methyl sites for hydroxylation is 1. The highest BCUT2D eigenvalue weighted by atomic mass is 16.5. The molecular formula is C13H24N2O2. The number of methoxy groups -OCH3 is 1. The molecule has 1 aromatic heterocycles. The summed E-state index contributed by atoms with van der Waals surface area (Å²) in [7, 11) is 3.86. The van der Waals surface area contributed by atoms with E-state index in [2.05, 4.69) is 24.2 Å². The Labute approximate surface area is 104 Å². The minimum atomic E-state index is 0.487. The lowest BCUT2D eigenvalue weighted by Gasteiger charge is -2.24. The summed E-state index contributed by atoms with van der Waals surface area (Å²) in [4.78, 5) is 2.32. The third kappa shape index (κ3) is 4.89. The quantitative estimate of drug-likeness (QED) is 0.701. The van der Waals surface area contributed by atoms with Gasteiger partial charge in [-0.1, -0.05) is 0 Å². The maximum atomic E-state index is 5.30. The number of ether oxygens (including phenoxy) is 1. The minimum Gasteiger partial charge on any atom is -0.469 e.